The van der Waals surface area contributed by atoms with Gasteiger partial charge in [0.1, 0.15) is 12.1 Å². The maximum absolute atomic E-state index is 14.3. The number of aromatic amines is 1. The topological polar surface area (TPSA) is 95.2 Å². The number of carbonyl (C=O) groups is 1. The number of anilines is 3. The number of benzene rings is 2. The fourth-order valence-electron chi connectivity index (χ4n) is 4.48. The average Bonchev–Trinajstić information content (AvgIpc) is 3.39. The number of rotatable bonds is 10. The Labute approximate surface area is 219 Å². The van der Waals surface area contributed by atoms with Crippen LogP contribution in [0.1, 0.15) is 19.3 Å². The lowest BCUT2D eigenvalue weighted by atomic mass is 10.1. The van der Waals surface area contributed by atoms with Gasteiger partial charge in [-0.25, -0.2) is 18.7 Å². The lowest BCUT2D eigenvalue weighted by Crippen LogP contribution is -2.36. The second kappa shape index (κ2) is 11.7. The maximum atomic E-state index is 14.3. The Bertz CT molecular complexity index is 1430. The second-order valence-electron chi connectivity index (χ2n) is 9.35. The zero-order valence-electron chi connectivity index (χ0n) is 20.9. The number of halogens is 2. The van der Waals surface area contributed by atoms with Crippen LogP contribution in [0.3, 0.4) is 0 Å². The SMILES string of the molecule is O=C(C=CC(F)(F)CCCCN1CCOCC1)Nc1ccc2ncnc(Nc3ccc4cc[nH]c4c3)c2c1. The molecule has 3 heterocycles. The number of unbranched alkanes of at least 4 members (excludes halogenated alkanes) is 1. The molecule has 4 aromatic rings. The van der Waals surface area contributed by atoms with Crippen molar-refractivity contribution in [2.24, 2.45) is 0 Å². The Morgan fingerprint density at radius 3 is 2.79 bits per heavy atom. The van der Waals surface area contributed by atoms with E-state index in [0.717, 1.165) is 42.3 Å². The molecule has 2 aromatic carbocycles. The molecule has 0 unspecified atom stereocenters. The summed E-state index contributed by atoms with van der Waals surface area (Å²) < 4.78 is 33.9. The third-order valence-electron chi connectivity index (χ3n) is 6.54. The van der Waals surface area contributed by atoms with Crippen LogP contribution in [-0.4, -0.2) is 64.5 Å². The minimum atomic E-state index is -3.04. The number of alkyl halides is 2. The Kier molecular flexibility index (Phi) is 7.90. The molecule has 1 aliphatic rings. The fraction of sp³-hybridized carbons (Fsp3) is 0.321. The van der Waals surface area contributed by atoms with Crippen LogP contribution in [0.2, 0.25) is 0 Å². The first kappa shape index (κ1) is 25.7. The van der Waals surface area contributed by atoms with E-state index in [-0.39, 0.29) is 6.42 Å². The monoisotopic (exact) mass is 520 g/mol. The molecule has 5 rings (SSSR count). The number of fused-ring (bicyclic) bond motifs is 2. The Morgan fingerprint density at radius 1 is 1.08 bits per heavy atom. The molecule has 198 valence electrons. The van der Waals surface area contributed by atoms with Gasteiger partial charge < -0.3 is 20.4 Å². The first-order valence-corrected chi connectivity index (χ1v) is 12.7. The quantitative estimate of drug-likeness (QED) is 0.189. The van der Waals surface area contributed by atoms with E-state index in [1.165, 1.54) is 6.33 Å². The molecule has 8 nitrogen and oxygen atoms in total. The number of hydrogen-bond acceptors (Lipinski definition) is 6. The van der Waals surface area contributed by atoms with Gasteiger partial charge in [0.15, 0.2) is 0 Å². The summed E-state index contributed by atoms with van der Waals surface area (Å²) in [5.41, 5.74) is 2.96. The Hall–Kier alpha value is -3.89. The predicted octanol–water partition coefficient (Wildman–Crippen LogP) is 5.49. The summed E-state index contributed by atoms with van der Waals surface area (Å²) in [4.78, 5) is 26.5. The highest BCUT2D eigenvalue weighted by molar-refractivity contribution is 6.02. The summed E-state index contributed by atoms with van der Waals surface area (Å²) in [7, 11) is 0. The van der Waals surface area contributed by atoms with Crippen LogP contribution in [0.15, 0.2) is 67.1 Å². The van der Waals surface area contributed by atoms with Crippen molar-refractivity contribution in [2.75, 3.05) is 43.5 Å². The van der Waals surface area contributed by atoms with Crippen LogP contribution in [0.25, 0.3) is 21.8 Å². The van der Waals surface area contributed by atoms with E-state index in [4.69, 9.17) is 4.74 Å². The lowest BCUT2D eigenvalue weighted by Gasteiger charge is -2.26. The van der Waals surface area contributed by atoms with Crippen LogP contribution in [0.4, 0.5) is 26.0 Å². The summed E-state index contributed by atoms with van der Waals surface area (Å²) in [5, 5.41) is 7.74. The zero-order chi connectivity index (χ0) is 26.4. The largest absolute Gasteiger partial charge is 0.379 e. The summed E-state index contributed by atoms with van der Waals surface area (Å²) in [6.07, 6.45) is 5.70. The lowest BCUT2D eigenvalue weighted by molar-refractivity contribution is -0.112. The van der Waals surface area contributed by atoms with E-state index in [0.29, 0.717) is 54.5 Å². The van der Waals surface area contributed by atoms with Crippen LogP contribution < -0.4 is 10.6 Å². The van der Waals surface area contributed by atoms with Gasteiger partial charge in [0.2, 0.25) is 5.91 Å². The van der Waals surface area contributed by atoms with Gasteiger partial charge in [0.05, 0.1) is 18.7 Å². The molecule has 3 N–H and O–H groups in total. The van der Waals surface area contributed by atoms with Crippen LogP contribution in [0, 0.1) is 0 Å². The highest BCUT2D eigenvalue weighted by atomic mass is 19.3. The summed E-state index contributed by atoms with van der Waals surface area (Å²) in [6.45, 7) is 3.86. The van der Waals surface area contributed by atoms with Gasteiger partial charge in [-0.3, -0.25) is 9.69 Å². The molecule has 1 fully saturated rings. The normalized spacial score (nSPS) is 14.9. The number of nitrogens with zero attached hydrogens (tertiary/aromatic N) is 3. The summed E-state index contributed by atoms with van der Waals surface area (Å²) in [6, 6.07) is 13.1. The van der Waals surface area contributed by atoms with Crippen molar-refractivity contribution in [3.05, 3.63) is 67.1 Å². The first-order chi connectivity index (χ1) is 18.4. The van der Waals surface area contributed by atoms with Gasteiger partial charge in [0.25, 0.3) is 5.92 Å². The van der Waals surface area contributed by atoms with Crippen LogP contribution in [-0.2, 0) is 9.53 Å². The fourth-order valence-corrected chi connectivity index (χ4v) is 4.48. The number of H-pyrrole nitrogens is 1. The van der Waals surface area contributed by atoms with Crippen molar-refractivity contribution in [2.45, 2.75) is 25.2 Å². The van der Waals surface area contributed by atoms with Gasteiger partial charge in [-0.15, -0.1) is 0 Å². The number of allylic oxidation sites excluding steroid dienone is 1. The molecule has 0 bridgehead atoms. The number of amides is 1. The molecular formula is C28H30F2N6O2. The first-order valence-electron chi connectivity index (χ1n) is 12.7. The average molecular weight is 521 g/mol. The van der Waals surface area contributed by atoms with E-state index in [9.17, 15) is 13.6 Å². The standard InChI is InChI=1S/C28H30F2N6O2/c29-28(30,9-1-2-12-36-13-15-38-16-14-36)10-7-26(37)34-21-5-6-24-23(17-21)27(33-19-32-24)35-22-4-3-20-8-11-31-25(20)18-22/h3-8,10-11,17-19,31H,1-2,9,12-16H2,(H,34,37)(H,32,33,35). The third-order valence-corrected chi connectivity index (χ3v) is 6.54. The molecule has 1 saturated heterocycles. The molecule has 2 aromatic heterocycles. The highest BCUT2D eigenvalue weighted by Gasteiger charge is 2.24. The highest BCUT2D eigenvalue weighted by Crippen LogP contribution is 2.28. The minimum absolute atomic E-state index is 0.294. The van der Waals surface area contributed by atoms with Gasteiger partial charge in [-0.2, -0.15) is 0 Å². The van der Waals surface area contributed by atoms with Gasteiger partial charge in [-0.1, -0.05) is 6.07 Å². The van der Waals surface area contributed by atoms with Crippen molar-refractivity contribution in [1.29, 1.82) is 0 Å². The van der Waals surface area contributed by atoms with Crippen molar-refractivity contribution in [1.82, 2.24) is 19.9 Å². The summed E-state index contributed by atoms with van der Waals surface area (Å²) in [5.74, 6) is -3.10. The molecule has 0 saturated carbocycles. The molecule has 1 amide bonds. The molecular weight excluding hydrogens is 490 g/mol. The maximum Gasteiger partial charge on any atom is 0.266 e. The number of hydrogen-bond donors (Lipinski definition) is 3. The molecule has 0 spiro atoms. The van der Waals surface area contributed by atoms with E-state index < -0.39 is 11.8 Å². The Morgan fingerprint density at radius 2 is 1.92 bits per heavy atom. The molecule has 10 heteroatoms. The minimum Gasteiger partial charge on any atom is -0.379 e. The van der Waals surface area contributed by atoms with Crippen molar-refractivity contribution >= 4 is 44.9 Å². The van der Waals surface area contributed by atoms with Crippen LogP contribution >= 0.6 is 0 Å². The van der Waals surface area contributed by atoms with Crippen molar-refractivity contribution in [3.8, 4) is 0 Å². The number of carbonyl (C=O) groups excluding carboxylic acids is 1. The van der Waals surface area contributed by atoms with E-state index in [1.807, 2.05) is 30.5 Å². The van der Waals surface area contributed by atoms with E-state index >= 15 is 0 Å². The number of aromatic nitrogens is 3. The van der Waals surface area contributed by atoms with Gasteiger partial charge in [0, 0.05) is 54.1 Å². The molecule has 0 atom stereocenters. The van der Waals surface area contributed by atoms with Gasteiger partial charge in [-0.05, 0) is 67.2 Å². The number of nitrogens with one attached hydrogen (secondary N) is 3. The number of morpholine rings is 1. The smallest absolute Gasteiger partial charge is 0.266 e. The Balaban J connectivity index is 1.19. The van der Waals surface area contributed by atoms with E-state index in [1.54, 1.807) is 18.2 Å². The second-order valence-corrected chi connectivity index (χ2v) is 9.35. The number of ether oxygens (including phenoxy) is 1. The predicted molar refractivity (Wildman–Crippen MR) is 145 cm³/mol. The molecule has 38 heavy (non-hydrogen) atoms. The van der Waals surface area contributed by atoms with E-state index in [2.05, 4.69) is 30.5 Å². The zero-order valence-corrected chi connectivity index (χ0v) is 20.9. The molecule has 0 aliphatic carbocycles. The van der Waals surface area contributed by atoms with Gasteiger partial charge >= 0.3 is 0 Å². The summed E-state index contributed by atoms with van der Waals surface area (Å²) >= 11 is 0. The molecule has 1 aliphatic heterocycles. The third kappa shape index (κ3) is 6.70. The molecule has 0 radical (unpaired) electrons. The van der Waals surface area contributed by atoms with Crippen molar-refractivity contribution < 1.29 is 18.3 Å². The van der Waals surface area contributed by atoms with Crippen molar-refractivity contribution in [3.63, 3.8) is 0 Å². The van der Waals surface area contributed by atoms with Crippen LogP contribution in [0.5, 0.6) is 0 Å².